The quantitative estimate of drug-likeness (QED) is 0.589. The van der Waals surface area contributed by atoms with E-state index < -0.39 is 5.91 Å². The van der Waals surface area contributed by atoms with Crippen LogP contribution in [-0.2, 0) is 4.79 Å². The normalized spacial score (nSPS) is 11.2. The molecule has 8 heteroatoms. The van der Waals surface area contributed by atoms with E-state index in [1.807, 2.05) is 26.8 Å². The number of hydrogen-bond acceptors (Lipinski definition) is 7. The molecule has 1 N–H and O–H groups in total. The fourth-order valence-electron chi connectivity index (χ4n) is 2.05. The first-order chi connectivity index (χ1) is 12.5. The van der Waals surface area contributed by atoms with Crippen LogP contribution in [0.5, 0.6) is 11.5 Å². The van der Waals surface area contributed by atoms with Gasteiger partial charge in [0.15, 0.2) is 11.5 Å². The Kier molecular flexibility index (Phi) is 6.69. The number of carbonyl (C=O) groups is 1. The fraction of sp³-hybridized carbons (Fsp3) is 0.333. The molecule has 1 aromatic carbocycles. The zero-order valence-electron chi connectivity index (χ0n) is 15.1. The maximum atomic E-state index is 12.3. The van der Waals surface area contributed by atoms with E-state index in [4.69, 9.17) is 9.47 Å². The van der Waals surface area contributed by atoms with Crippen LogP contribution < -0.4 is 14.8 Å². The van der Waals surface area contributed by atoms with E-state index in [2.05, 4.69) is 15.5 Å². The van der Waals surface area contributed by atoms with Crippen LogP contribution in [-0.4, -0.2) is 29.8 Å². The number of anilines is 1. The molecule has 1 heterocycles. The van der Waals surface area contributed by atoms with Crippen LogP contribution in [0.15, 0.2) is 23.8 Å². The van der Waals surface area contributed by atoms with Gasteiger partial charge in [0, 0.05) is 5.92 Å². The molecule has 0 saturated heterocycles. The summed E-state index contributed by atoms with van der Waals surface area (Å²) in [5.41, 5.74) is 0.606. The SMILES string of the molecule is CCOc1ccc(C=C(C#N)C(=O)Nc2nnc(C(C)C)s2)cc1OC. The van der Waals surface area contributed by atoms with E-state index in [0.29, 0.717) is 28.8 Å². The molecule has 7 nitrogen and oxygen atoms in total. The molecule has 0 spiro atoms. The van der Waals surface area contributed by atoms with Gasteiger partial charge in [-0.15, -0.1) is 10.2 Å². The highest BCUT2D eigenvalue weighted by Crippen LogP contribution is 2.29. The summed E-state index contributed by atoms with van der Waals surface area (Å²) in [6.07, 6.45) is 1.48. The molecular formula is C18H20N4O3S. The van der Waals surface area contributed by atoms with Crippen LogP contribution in [0.25, 0.3) is 6.08 Å². The van der Waals surface area contributed by atoms with Crippen molar-refractivity contribution >= 4 is 28.5 Å². The highest BCUT2D eigenvalue weighted by Gasteiger charge is 2.14. The van der Waals surface area contributed by atoms with Crippen LogP contribution >= 0.6 is 11.3 Å². The molecule has 2 aromatic rings. The second-order valence-corrected chi connectivity index (χ2v) is 6.58. The van der Waals surface area contributed by atoms with Crippen LogP contribution in [0.2, 0.25) is 0 Å². The molecule has 1 aromatic heterocycles. The minimum Gasteiger partial charge on any atom is -0.493 e. The molecule has 0 atom stereocenters. The lowest BCUT2D eigenvalue weighted by atomic mass is 10.1. The van der Waals surface area contributed by atoms with Crippen molar-refractivity contribution in [1.82, 2.24) is 10.2 Å². The summed E-state index contributed by atoms with van der Waals surface area (Å²) < 4.78 is 10.7. The van der Waals surface area contributed by atoms with E-state index in [9.17, 15) is 10.1 Å². The first-order valence-corrected chi connectivity index (χ1v) is 8.87. The predicted octanol–water partition coefficient (Wildman–Crippen LogP) is 3.61. The van der Waals surface area contributed by atoms with Gasteiger partial charge in [-0.25, -0.2) is 0 Å². The number of hydrogen-bond donors (Lipinski definition) is 1. The Morgan fingerprint density at radius 1 is 1.38 bits per heavy atom. The minimum atomic E-state index is -0.535. The Morgan fingerprint density at radius 3 is 2.73 bits per heavy atom. The molecule has 0 bridgehead atoms. The van der Waals surface area contributed by atoms with Crippen molar-refractivity contribution in [3.63, 3.8) is 0 Å². The Balaban J connectivity index is 2.20. The van der Waals surface area contributed by atoms with Gasteiger partial charge in [0.25, 0.3) is 5.91 Å². The summed E-state index contributed by atoms with van der Waals surface area (Å²) in [5.74, 6) is 0.821. The number of carbonyl (C=O) groups excluding carboxylic acids is 1. The molecule has 0 aliphatic heterocycles. The third kappa shape index (κ3) is 4.80. The number of nitrogens with zero attached hydrogens (tertiary/aromatic N) is 3. The number of aromatic nitrogens is 2. The molecular weight excluding hydrogens is 352 g/mol. The molecule has 2 rings (SSSR count). The van der Waals surface area contributed by atoms with Crippen molar-refractivity contribution in [1.29, 1.82) is 5.26 Å². The first-order valence-electron chi connectivity index (χ1n) is 8.05. The van der Waals surface area contributed by atoms with Gasteiger partial charge < -0.3 is 9.47 Å². The summed E-state index contributed by atoms with van der Waals surface area (Å²) >= 11 is 1.29. The van der Waals surface area contributed by atoms with E-state index >= 15 is 0 Å². The topological polar surface area (TPSA) is 97.1 Å². The Hall–Kier alpha value is -2.92. The Bertz CT molecular complexity index is 852. The second-order valence-electron chi connectivity index (χ2n) is 5.57. The second kappa shape index (κ2) is 8.97. The average Bonchev–Trinajstić information content (AvgIpc) is 3.09. The molecule has 1 amide bonds. The first kappa shape index (κ1) is 19.4. The van der Waals surface area contributed by atoms with Crippen molar-refractivity contribution in [2.75, 3.05) is 19.0 Å². The van der Waals surface area contributed by atoms with E-state index in [1.54, 1.807) is 18.2 Å². The standard InChI is InChI=1S/C18H20N4O3S/c1-5-25-14-7-6-12(9-15(14)24-4)8-13(10-19)16(23)20-18-22-21-17(26-18)11(2)3/h6-9,11H,5H2,1-4H3,(H,20,22,23). The van der Waals surface area contributed by atoms with Crippen molar-refractivity contribution < 1.29 is 14.3 Å². The van der Waals surface area contributed by atoms with Crippen molar-refractivity contribution in [2.45, 2.75) is 26.7 Å². The number of nitrogens with one attached hydrogen (secondary N) is 1. The van der Waals surface area contributed by atoms with Gasteiger partial charge in [0.05, 0.1) is 13.7 Å². The average molecular weight is 372 g/mol. The lowest BCUT2D eigenvalue weighted by Gasteiger charge is -2.09. The third-order valence-electron chi connectivity index (χ3n) is 3.32. The molecule has 0 saturated carbocycles. The number of ether oxygens (including phenoxy) is 2. The fourth-order valence-corrected chi connectivity index (χ4v) is 2.79. The van der Waals surface area contributed by atoms with Gasteiger partial charge in [0.1, 0.15) is 16.6 Å². The summed E-state index contributed by atoms with van der Waals surface area (Å²) in [7, 11) is 1.53. The van der Waals surface area contributed by atoms with Gasteiger partial charge in [-0.2, -0.15) is 5.26 Å². The van der Waals surface area contributed by atoms with Crippen LogP contribution in [0.1, 0.15) is 37.3 Å². The van der Waals surface area contributed by atoms with Crippen molar-refractivity contribution in [3.8, 4) is 17.6 Å². The number of methoxy groups -OCH3 is 1. The van der Waals surface area contributed by atoms with Gasteiger partial charge in [0.2, 0.25) is 5.13 Å². The smallest absolute Gasteiger partial charge is 0.268 e. The zero-order valence-corrected chi connectivity index (χ0v) is 15.9. The van der Waals surface area contributed by atoms with Crippen molar-refractivity contribution in [2.24, 2.45) is 0 Å². The summed E-state index contributed by atoms with van der Waals surface area (Å²) in [5, 5.41) is 21.1. The van der Waals surface area contributed by atoms with E-state index in [1.165, 1.54) is 24.5 Å². The summed E-state index contributed by atoms with van der Waals surface area (Å²) in [6, 6.07) is 7.10. The predicted molar refractivity (Wildman–Crippen MR) is 100 cm³/mol. The monoisotopic (exact) mass is 372 g/mol. The molecule has 0 fully saturated rings. The lowest BCUT2D eigenvalue weighted by Crippen LogP contribution is -2.13. The molecule has 26 heavy (non-hydrogen) atoms. The highest BCUT2D eigenvalue weighted by molar-refractivity contribution is 7.15. The van der Waals surface area contributed by atoms with Gasteiger partial charge in [-0.05, 0) is 30.7 Å². The van der Waals surface area contributed by atoms with Crippen LogP contribution in [0.4, 0.5) is 5.13 Å². The minimum absolute atomic E-state index is 0.0440. The zero-order chi connectivity index (χ0) is 19.1. The third-order valence-corrected chi connectivity index (χ3v) is 4.46. The Morgan fingerprint density at radius 2 is 2.15 bits per heavy atom. The van der Waals surface area contributed by atoms with Gasteiger partial charge in [-0.1, -0.05) is 31.3 Å². The maximum absolute atomic E-state index is 12.3. The largest absolute Gasteiger partial charge is 0.493 e. The summed E-state index contributed by atoms with van der Waals surface area (Å²) in [4.78, 5) is 12.3. The molecule has 0 aliphatic rings. The molecule has 0 aliphatic carbocycles. The lowest BCUT2D eigenvalue weighted by molar-refractivity contribution is -0.112. The van der Waals surface area contributed by atoms with E-state index in [-0.39, 0.29) is 11.5 Å². The number of benzene rings is 1. The van der Waals surface area contributed by atoms with Gasteiger partial charge >= 0.3 is 0 Å². The number of rotatable bonds is 7. The number of amides is 1. The molecule has 0 unspecified atom stereocenters. The molecule has 0 radical (unpaired) electrons. The number of nitriles is 1. The highest BCUT2D eigenvalue weighted by atomic mass is 32.1. The summed E-state index contributed by atoms with van der Waals surface area (Å²) in [6.45, 7) is 6.37. The van der Waals surface area contributed by atoms with Crippen LogP contribution in [0.3, 0.4) is 0 Å². The van der Waals surface area contributed by atoms with Gasteiger partial charge in [-0.3, -0.25) is 10.1 Å². The Labute approximate surface area is 156 Å². The maximum Gasteiger partial charge on any atom is 0.268 e. The van der Waals surface area contributed by atoms with Crippen LogP contribution in [0, 0.1) is 11.3 Å². The molecule has 136 valence electrons. The van der Waals surface area contributed by atoms with Crippen molar-refractivity contribution in [3.05, 3.63) is 34.3 Å². The van der Waals surface area contributed by atoms with E-state index in [0.717, 1.165) is 5.01 Å².